The molecule has 0 unspecified atom stereocenters. The van der Waals surface area contributed by atoms with Crippen LogP contribution in [-0.2, 0) is 4.74 Å². The highest BCUT2D eigenvalue weighted by Crippen LogP contribution is 2.27. The lowest BCUT2D eigenvalue weighted by Crippen LogP contribution is -2.00. The Hall–Kier alpha value is -1.80. The first-order valence-corrected chi connectivity index (χ1v) is 5.58. The van der Waals surface area contributed by atoms with Gasteiger partial charge in [-0.3, -0.25) is 5.41 Å². The zero-order valence-electron chi connectivity index (χ0n) is 9.41. The molecule has 2 aromatic carbocycles. The standard InChI is InChI=1S/C14H12ClNO/c1-17-14(16)11-8-6-10(7-9-11)12-4-2-3-5-13(12)15/h2-9,16H,1H3. The molecular formula is C14H12ClNO. The van der Waals surface area contributed by atoms with E-state index in [1.165, 1.54) is 7.11 Å². The van der Waals surface area contributed by atoms with Crippen LogP contribution in [0.3, 0.4) is 0 Å². The quantitative estimate of drug-likeness (QED) is 0.630. The van der Waals surface area contributed by atoms with E-state index >= 15 is 0 Å². The molecule has 0 aliphatic heterocycles. The average molecular weight is 246 g/mol. The summed E-state index contributed by atoms with van der Waals surface area (Å²) < 4.78 is 4.86. The maximum atomic E-state index is 7.55. The van der Waals surface area contributed by atoms with Crippen LogP contribution in [0.25, 0.3) is 11.1 Å². The topological polar surface area (TPSA) is 33.1 Å². The molecule has 0 bridgehead atoms. The van der Waals surface area contributed by atoms with Crippen LogP contribution in [0, 0.1) is 5.41 Å². The number of hydrogen-bond acceptors (Lipinski definition) is 2. The highest BCUT2D eigenvalue weighted by Gasteiger charge is 2.04. The molecule has 0 aromatic heterocycles. The van der Waals surface area contributed by atoms with Crippen LogP contribution >= 0.6 is 11.6 Å². The summed E-state index contributed by atoms with van der Waals surface area (Å²) in [6.07, 6.45) is 0. The summed E-state index contributed by atoms with van der Waals surface area (Å²) in [5, 5.41) is 8.27. The van der Waals surface area contributed by atoms with Crippen LogP contribution in [0.2, 0.25) is 5.02 Å². The van der Waals surface area contributed by atoms with Gasteiger partial charge in [-0.25, -0.2) is 0 Å². The van der Waals surface area contributed by atoms with Gasteiger partial charge in [0.1, 0.15) is 0 Å². The Morgan fingerprint density at radius 1 is 1.06 bits per heavy atom. The fourth-order valence-electron chi connectivity index (χ4n) is 1.61. The van der Waals surface area contributed by atoms with Gasteiger partial charge < -0.3 is 4.74 Å². The Balaban J connectivity index is 2.36. The summed E-state index contributed by atoms with van der Waals surface area (Å²) in [5.41, 5.74) is 2.77. The Bertz CT molecular complexity index is 534. The normalized spacial score (nSPS) is 10.0. The zero-order valence-corrected chi connectivity index (χ0v) is 10.2. The fraction of sp³-hybridized carbons (Fsp3) is 0.0714. The number of nitrogens with one attached hydrogen (secondary N) is 1. The number of benzene rings is 2. The van der Waals surface area contributed by atoms with Crippen molar-refractivity contribution >= 4 is 17.5 Å². The molecule has 0 heterocycles. The van der Waals surface area contributed by atoms with Gasteiger partial charge in [-0.2, -0.15) is 0 Å². The molecule has 2 nitrogen and oxygen atoms in total. The largest absolute Gasteiger partial charge is 0.481 e. The Morgan fingerprint density at radius 2 is 1.71 bits per heavy atom. The molecule has 86 valence electrons. The van der Waals surface area contributed by atoms with Crippen LogP contribution in [0.5, 0.6) is 0 Å². The van der Waals surface area contributed by atoms with Crippen molar-refractivity contribution in [1.82, 2.24) is 0 Å². The van der Waals surface area contributed by atoms with E-state index in [9.17, 15) is 0 Å². The Kier molecular flexibility index (Phi) is 3.45. The summed E-state index contributed by atoms with van der Waals surface area (Å²) in [7, 11) is 1.49. The van der Waals surface area contributed by atoms with E-state index in [2.05, 4.69) is 0 Å². The predicted octanol–water partition coefficient (Wildman–Crippen LogP) is 3.98. The van der Waals surface area contributed by atoms with Gasteiger partial charge in [0.25, 0.3) is 0 Å². The van der Waals surface area contributed by atoms with E-state index in [1.807, 2.05) is 48.5 Å². The predicted molar refractivity (Wildman–Crippen MR) is 70.7 cm³/mol. The molecule has 0 spiro atoms. The number of hydrogen-bond donors (Lipinski definition) is 1. The van der Waals surface area contributed by atoms with Gasteiger partial charge in [-0.05, 0) is 23.8 Å². The maximum absolute atomic E-state index is 7.55. The van der Waals surface area contributed by atoms with Crippen LogP contribution in [0.15, 0.2) is 48.5 Å². The third-order valence-corrected chi connectivity index (χ3v) is 2.87. The molecule has 0 saturated heterocycles. The lowest BCUT2D eigenvalue weighted by atomic mass is 10.0. The Morgan fingerprint density at radius 3 is 2.29 bits per heavy atom. The van der Waals surface area contributed by atoms with Crippen molar-refractivity contribution in [3.63, 3.8) is 0 Å². The van der Waals surface area contributed by atoms with E-state index in [-0.39, 0.29) is 5.90 Å². The molecular weight excluding hydrogens is 234 g/mol. The summed E-state index contributed by atoms with van der Waals surface area (Å²) in [4.78, 5) is 0. The molecule has 0 aliphatic rings. The van der Waals surface area contributed by atoms with E-state index < -0.39 is 0 Å². The average Bonchev–Trinajstić information content (AvgIpc) is 2.39. The first-order valence-electron chi connectivity index (χ1n) is 5.20. The van der Waals surface area contributed by atoms with Crippen LogP contribution in [-0.4, -0.2) is 13.0 Å². The van der Waals surface area contributed by atoms with E-state index in [0.717, 1.165) is 21.7 Å². The monoisotopic (exact) mass is 245 g/mol. The van der Waals surface area contributed by atoms with Crippen molar-refractivity contribution in [3.05, 3.63) is 59.1 Å². The van der Waals surface area contributed by atoms with E-state index in [0.29, 0.717) is 0 Å². The van der Waals surface area contributed by atoms with Gasteiger partial charge in [-0.15, -0.1) is 0 Å². The van der Waals surface area contributed by atoms with Crippen LogP contribution < -0.4 is 0 Å². The SMILES string of the molecule is COC(=N)c1ccc(-c2ccccc2Cl)cc1. The first kappa shape index (κ1) is 11.7. The highest BCUT2D eigenvalue weighted by molar-refractivity contribution is 6.33. The second-order valence-electron chi connectivity index (χ2n) is 3.59. The molecule has 3 heteroatoms. The summed E-state index contributed by atoms with van der Waals surface area (Å²) in [5.74, 6) is 0.163. The lowest BCUT2D eigenvalue weighted by Gasteiger charge is -2.06. The third-order valence-electron chi connectivity index (χ3n) is 2.54. The highest BCUT2D eigenvalue weighted by atomic mass is 35.5. The first-order chi connectivity index (χ1) is 8.22. The minimum absolute atomic E-state index is 0.163. The summed E-state index contributed by atoms with van der Waals surface area (Å²) in [6, 6.07) is 15.3. The van der Waals surface area contributed by atoms with Gasteiger partial charge in [-0.1, -0.05) is 41.9 Å². The summed E-state index contributed by atoms with van der Waals surface area (Å²) in [6.45, 7) is 0. The molecule has 0 amide bonds. The molecule has 0 saturated carbocycles. The van der Waals surface area contributed by atoms with E-state index in [1.54, 1.807) is 0 Å². The molecule has 0 atom stereocenters. The second kappa shape index (κ2) is 5.02. The molecule has 2 rings (SSSR count). The van der Waals surface area contributed by atoms with Crippen LogP contribution in [0.1, 0.15) is 5.56 Å². The molecule has 1 N–H and O–H groups in total. The van der Waals surface area contributed by atoms with Gasteiger partial charge in [0, 0.05) is 16.1 Å². The van der Waals surface area contributed by atoms with Gasteiger partial charge >= 0.3 is 0 Å². The Labute approximate surface area is 105 Å². The van der Waals surface area contributed by atoms with Crippen molar-refractivity contribution < 1.29 is 4.74 Å². The molecule has 2 aromatic rings. The number of rotatable bonds is 2. The maximum Gasteiger partial charge on any atom is 0.212 e. The zero-order chi connectivity index (χ0) is 12.3. The molecule has 0 radical (unpaired) electrons. The van der Waals surface area contributed by atoms with Crippen molar-refractivity contribution in [2.24, 2.45) is 0 Å². The van der Waals surface area contributed by atoms with Crippen molar-refractivity contribution in [2.75, 3.05) is 7.11 Å². The third kappa shape index (κ3) is 2.48. The molecule has 0 fully saturated rings. The molecule has 0 aliphatic carbocycles. The number of methoxy groups -OCH3 is 1. The molecule has 17 heavy (non-hydrogen) atoms. The number of ether oxygens (including phenoxy) is 1. The van der Waals surface area contributed by atoms with Crippen molar-refractivity contribution in [3.8, 4) is 11.1 Å². The van der Waals surface area contributed by atoms with Crippen molar-refractivity contribution in [2.45, 2.75) is 0 Å². The van der Waals surface area contributed by atoms with E-state index in [4.69, 9.17) is 21.7 Å². The second-order valence-corrected chi connectivity index (χ2v) is 4.00. The van der Waals surface area contributed by atoms with Gasteiger partial charge in [0.05, 0.1) is 7.11 Å². The van der Waals surface area contributed by atoms with Gasteiger partial charge in [0.15, 0.2) is 0 Å². The van der Waals surface area contributed by atoms with Crippen LogP contribution in [0.4, 0.5) is 0 Å². The number of halogens is 1. The van der Waals surface area contributed by atoms with Gasteiger partial charge in [0.2, 0.25) is 5.90 Å². The minimum atomic E-state index is 0.163. The minimum Gasteiger partial charge on any atom is -0.481 e. The summed E-state index contributed by atoms with van der Waals surface area (Å²) >= 11 is 6.12. The smallest absolute Gasteiger partial charge is 0.212 e. The fourth-order valence-corrected chi connectivity index (χ4v) is 1.86. The van der Waals surface area contributed by atoms with Crippen molar-refractivity contribution in [1.29, 1.82) is 5.41 Å². The lowest BCUT2D eigenvalue weighted by molar-refractivity contribution is 0.401.